The molecular weight excluding hydrogens is 454 g/mol. The van der Waals surface area contributed by atoms with E-state index in [1.54, 1.807) is 0 Å². The number of morpholine rings is 1. The van der Waals surface area contributed by atoms with Crippen LogP contribution >= 0.6 is 11.3 Å². The minimum Gasteiger partial charge on any atom is -0.454 e. The summed E-state index contributed by atoms with van der Waals surface area (Å²) in [4.78, 5) is 14.4. The predicted molar refractivity (Wildman–Crippen MR) is 130 cm³/mol. The highest BCUT2D eigenvalue weighted by atomic mass is 32.1. The van der Waals surface area contributed by atoms with Crippen molar-refractivity contribution in [2.75, 3.05) is 63.5 Å². The van der Waals surface area contributed by atoms with Crippen LogP contribution in [0.25, 0.3) is 16.2 Å². The molecule has 2 aliphatic heterocycles. The molecule has 0 amide bonds. The van der Waals surface area contributed by atoms with Crippen LogP contribution in [0.5, 0.6) is 11.5 Å². The van der Waals surface area contributed by atoms with Crippen LogP contribution in [0, 0.1) is 0 Å². The highest BCUT2D eigenvalue weighted by Gasteiger charge is 2.19. The first-order valence-electron chi connectivity index (χ1n) is 11.2. The number of nitrogens with one attached hydrogen (secondary N) is 1. The van der Waals surface area contributed by atoms with Gasteiger partial charge in [0.1, 0.15) is 5.82 Å². The molecule has 0 spiro atoms. The summed E-state index contributed by atoms with van der Waals surface area (Å²) in [7, 11) is 1.98. The highest BCUT2D eigenvalue weighted by molar-refractivity contribution is 7.20. The molecule has 10 nitrogen and oxygen atoms in total. The number of anilines is 3. The van der Waals surface area contributed by atoms with Gasteiger partial charge in [-0.1, -0.05) is 11.3 Å². The number of aromatic nitrogens is 4. The van der Waals surface area contributed by atoms with E-state index < -0.39 is 0 Å². The molecule has 11 heteroatoms. The zero-order valence-electron chi connectivity index (χ0n) is 18.8. The molecular formula is C23H25N7O3S. The van der Waals surface area contributed by atoms with Crippen molar-refractivity contribution in [2.45, 2.75) is 0 Å². The Kier molecular flexibility index (Phi) is 5.65. The number of pyridine rings is 1. The van der Waals surface area contributed by atoms with E-state index in [-0.39, 0.29) is 6.79 Å². The van der Waals surface area contributed by atoms with E-state index in [1.165, 1.54) is 11.3 Å². The average Bonchev–Trinajstić information content (AvgIpc) is 3.60. The van der Waals surface area contributed by atoms with E-state index in [0.717, 1.165) is 83.7 Å². The molecule has 34 heavy (non-hydrogen) atoms. The van der Waals surface area contributed by atoms with Crippen molar-refractivity contribution >= 4 is 32.9 Å². The Morgan fingerprint density at radius 1 is 1.06 bits per heavy atom. The maximum atomic E-state index is 5.51. The number of hydrogen-bond acceptors (Lipinski definition) is 10. The van der Waals surface area contributed by atoms with Gasteiger partial charge in [0, 0.05) is 56.7 Å². The van der Waals surface area contributed by atoms with Crippen molar-refractivity contribution < 1.29 is 14.2 Å². The van der Waals surface area contributed by atoms with E-state index in [2.05, 4.69) is 20.2 Å². The van der Waals surface area contributed by atoms with Crippen molar-refractivity contribution in [3.8, 4) is 22.8 Å². The zero-order chi connectivity index (χ0) is 22.9. The van der Waals surface area contributed by atoms with Gasteiger partial charge < -0.3 is 24.4 Å². The van der Waals surface area contributed by atoms with Gasteiger partial charge in [-0.05, 0) is 24.3 Å². The van der Waals surface area contributed by atoms with Crippen molar-refractivity contribution in [1.29, 1.82) is 0 Å². The summed E-state index contributed by atoms with van der Waals surface area (Å²) in [5.74, 6) is 2.37. The lowest BCUT2D eigenvalue weighted by Gasteiger charge is -2.26. The smallest absolute Gasteiger partial charge is 0.231 e. The second kappa shape index (κ2) is 9.09. The number of ether oxygens (including phenoxy) is 3. The average molecular weight is 480 g/mol. The fraction of sp³-hybridized carbons (Fsp3) is 0.348. The van der Waals surface area contributed by atoms with Crippen LogP contribution in [0.15, 0.2) is 42.7 Å². The molecule has 1 fully saturated rings. The summed E-state index contributed by atoms with van der Waals surface area (Å²) in [6.07, 6.45) is 3.70. The van der Waals surface area contributed by atoms with Crippen LogP contribution in [-0.2, 0) is 4.74 Å². The largest absolute Gasteiger partial charge is 0.454 e. The van der Waals surface area contributed by atoms with Crippen molar-refractivity contribution in [3.05, 3.63) is 42.7 Å². The highest BCUT2D eigenvalue weighted by Crippen LogP contribution is 2.38. The summed E-state index contributed by atoms with van der Waals surface area (Å²) in [6, 6.07) is 9.92. The quantitative estimate of drug-likeness (QED) is 0.429. The van der Waals surface area contributed by atoms with E-state index >= 15 is 0 Å². The number of imidazole rings is 1. The molecule has 2 aliphatic rings. The normalized spacial score (nSPS) is 15.7. The third-order valence-electron chi connectivity index (χ3n) is 6.00. The maximum Gasteiger partial charge on any atom is 0.231 e. The summed E-state index contributed by atoms with van der Waals surface area (Å²) >= 11 is 1.53. The van der Waals surface area contributed by atoms with Crippen LogP contribution in [0.1, 0.15) is 0 Å². The fourth-order valence-corrected chi connectivity index (χ4v) is 4.90. The van der Waals surface area contributed by atoms with Crippen LogP contribution in [0.2, 0.25) is 0 Å². The van der Waals surface area contributed by atoms with Crippen molar-refractivity contribution in [2.24, 2.45) is 0 Å². The molecule has 6 rings (SSSR count). The number of benzene rings is 1. The van der Waals surface area contributed by atoms with Gasteiger partial charge in [0.05, 0.1) is 25.1 Å². The Morgan fingerprint density at radius 2 is 1.94 bits per heavy atom. The first-order chi connectivity index (χ1) is 16.7. The Hall–Kier alpha value is -3.41. The monoisotopic (exact) mass is 479 g/mol. The van der Waals surface area contributed by atoms with Gasteiger partial charge in [0.15, 0.2) is 11.5 Å². The topological polar surface area (TPSA) is 89.3 Å². The molecule has 0 unspecified atom stereocenters. The molecule has 1 saturated heterocycles. The van der Waals surface area contributed by atoms with E-state index in [0.29, 0.717) is 0 Å². The second-order valence-electron chi connectivity index (χ2n) is 8.13. The Morgan fingerprint density at radius 3 is 2.79 bits per heavy atom. The molecule has 0 atom stereocenters. The molecule has 3 aromatic heterocycles. The van der Waals surface area contributed by atoms with Crippen molar-refractivity contribution in [3.63, 3.8) is 0 Å². The number of rotatable bonds is 7. The lowest BCUT2D eigenvalue weighted by atomic mass is 10.2. The van der Waals surface area contributed by atoms with Gasteiger partial charge in [-0.3, -0.25) is 4.90 Å². The zero-order valence-corrected chi connectivity index (χ0v) is 19.6. The number of hydrogen-bond donors (Lipinski definition) is 1. The van der Waals surface area contributed by atoms with Gasteiger partial charge in [-0.2, -0.15) is 0 Å². The van der Waals surface area contributed by atoms with E-state index in [9.17, 15) is 0 Å². The van der Waals surface area contributed by atoms with Gasteiger partial charge >= 0.3 is 0 Å². The molecule has 5 heterocycles. The van der Waals surface area contributed by atoms with Crippen LogP contribution in [0.4, 0.5) is 16.6 Å². The number of fused-ring (bicyclic) bond motifs is 2. The van der Waals surface area contributed by atoms with E-state index in [4.69, 9.17) is 19.3 Å². The Bertz CT molecular complexity index is 1280. The minimum absolute atomic E-state index is 0.257. The molecule has 4 aromatic rings. The first kappa shape index (κ1) is 21.1. The molecule has 1 aromatic carbocycles. The SMILES string of the molecule is CN(c1ccc2c(c1)OCO2)c1nn2c(-c3ccc(NCCN4CCOCC4)nc3)cnc2s1. The summed E-state index contributed by atoms with van der Waals surface area (Å²) < 4.78 is 18.2. The standard InChI is InChI=1S/C23H25N7O3S/c1-28(17-3-4-19-20(12-17)33-15-32-19)23-27-30-18(14-26-22(30)34-23)16-2-5-21(25-13-16)24-6-7-29-8-10-31-11-9-29/h2-5,12-14H,6-11,15H2,1H3,(H,24,25). The molecule has 0 saturated carbocycles. The molecule has 0 aliphatic carbocycles. The number of nitrogens with zero attached hydrogens (tertiary/aromatic N) is 6. The molecule has 0 bridgehead atoms. The van der Waals surface area contributed by atoms with Gasteiger partial charge in [0.25, 0.3) is 0 Å². The van der Waals surface area contributed by atoms with Gasteiger partial charge in [0.2, 0.25) is 16.9 Å². The molecule has 1 N–H and O–H groups in total. The summed E-state index contributed by atoms with van der Waals surface area (Å²) in [6.45, 7) is 5.71. The lowest BCUT2D eigenvalue weighted by Crippen LogP contribution is -2.39. The third-order valence-corrected chi connectivity index (χ3v) is 7.00. The minimum atomic E-state index is 0.257. The van der Waals surface area contributed by atoms with Crippen molar-refractivity contribution in [1.82, 2.24) is 24.5 Å². The van der Waals surface area contributed by atoms with Gasteiger partial charge in [-0.25, -0.2) is 14.5 Å². The van der Waals surface area contributed by atoms with E-state index in [1.807, 2.05) is 59.2 Å². The van der Waals surface area contributed by atoms with Crippen LogP contribution < -0.4 is 19.7 Å². The summed E-state index contributed by atoms with van der Waals surface area (Å²) in [5.41, 5.74) is 2.84. The summed E-state index contributed by atoms with van der Waals surface area (Å²) in [5, 5.41) is 9.04. The lowest BCUT2D eigenvalue weighted by molar-refractivity contribution is 0.0398. The van der Waals surface area contributed by atoms with Crippen LogP contribution in [0.3, 0.4) is 0 Å². The Balaban J connectivity index is 1.15. The van der Waals surface area contributed by atoms with Gasteiger partial charge in [-0.15, -0.1) is 5.10 Å². The van der Waals surface area contributed by atoms with Crippen LogP contribution in [-0.4, -0.2) is 77.7 Å². The maximum absolute atomic E-state index is 5.51. The second-order valence-corrected chi connectivity index (χ2v) is 9.07. The molecule has 0 radical (unpaired) electrons. The molecule has 176 valence electrons. The fourth-order valence-electron chi connectivity index (χ4n) is 4.04. The first-order valence-corrected chi connectivity index (χ1v) is 12.0. The third kappa shape index (κ3) is 4.13. The Labute approximate surface area is 200 Å². The predicted octanol–water partition coefficient (Wildman–Crippen LogP) is 3.09.